The number of aromatic nitrogens is 1. The van der Waals surface area contributed by atoms with Crippen molar-refractivity contribution in [1.82, 2.24) is 9.88 Å². The number of nitrogens with zero attached hydrogens (tertiary/aromatic N) is 3. The Morgan fingerprint density at radius 1 is 1.00 bits per heavy atom. The average molecular weight is 450 g/mol. The molecule has 8 heteroatoms. The van der Waals surface area contributed by atoms with E-state index in [2.05, 4.69) is 4.90 Å². The molecule has 1 amide bonds. The van der Waals surface area contributed by atoms with E-state index in [0.29, 0.717) is 28.5 Å². The third-order valence-corrected chi connectivity index (χ3v) is 5.75. The summed E-state index contributed by atoms with van der Waals surface area (Å²) in [7, 11) is 7.30. The van der Waals surface area contributed by atoms with Crippen molar-refractivity contribution in [3.05, 3.63) is 47.5 Å². The van der Waals surface area contributed by atoms with Crippen molar-refractivity contribution in [1.29, 1.82) is 0 Å². The SMILES string of the molecule is COc1ccc(OC)c2sc(N(CCCN(C)C)C(=O)c3ccc(C)cc3)nc12.Cl. The fourth-order valence-electron chi connectivity index (χ4n) is 3.07. The first kappa shape index (κ1) is 23.9. The third-order valence-electron chi connectivity index (χ3n) is 4.66. The second-order valence-corrected chi connectivity index (χ2v) is 8.10. The fourth-order valence-corrected chi connectivity index (χ4v) is 4.17. The lowest BCUT2D eigenvalue weighted by Crippen LogP contribution is -2.33. The van der Waals surface area contributed by atoms with Crippen LogP contribution in [-0.4, -0.2) is 57.2 Å². The van der Waals surface area contributed by atoms with Crippen LogP contribution < -0.4 is 14.4 Å². The van der Waals surface area contributed by atoms with Crippen LogP contribution in [0.3, 0.4) is 0 Å². The van der Waals surface area contributed by atoms with Crippen molar-refractivity contribution in [3.8, 4) is 11.5 Å². The summed E-state index contributed by atoms with van der Waals surface area (Å²) in [5, 5.41) is 0.645. The highest BCUT2D eigenvalue weighted by molar-refractivity contribution is 7.22. The van der Waals surface area contributed by atoms with Gasteiger partial charge in [0.1, 0.15) is 21.7 Å². The van der Waals surface area contributed by atoms with Crippen LogP contribution in [0, 0.1) is 6.92 Å². The largest absolute Gasteiger partial charge is 0.495 e. The fraction of sp³-hybridized carbons (Fsp3) is 0.364. The lowest BCUT2D eigenvalue weighted by atomic mass is 10.1. The highest BCUT2D eigenvalue weighted by atomic mass is 35.5. The molecule has 0 saturated carbocycles. The molecule has 2 aromatic carbocycles. The monoisotopic (exact) mass is 449 g/mol. The molecule has 1 aromatic heterocycles. The highest BCUT2D eigenvalue weighted by Crippen LogP contribution is 2.40. The average Bonchev–Trinajstić information content (AvgIpc) is 3.15. The van der Waals surface area contributed by atoms with Crippen molar-refractivity contribution >= 4 is 45.0 Å². The van der Waals surface area contributed by atoms with E-state index in [1.165, 1.54) is 11.3 Å². The molecule has 0 radical (unpaired) electrons. The quantitative estimate of drug-likeness (QED) is 0.501. The van der Waals surface area contributed by atoms with Crippen LogP contribution in [0.2, 0.25) is 0 Å². The molecule has 0 N–H and O–H groups in total. The van der Waals surface area contributed by atoms with Crippen LogP contribution in [-0.2, 0) is 0 Å². The molecule has 3 aromatic rings. The summed E-state index contributed by atoms with van der Waals surface area (Å²) in [4.78, 5) is 22.0. The minimum absolute atomic E-state index is 0. The molecule has 0 atom stereocenters. The van der Waals surface area contributed by atoms with Gasteiger partial charge in [0.2, 0.25) is 0 Å². The number of carbonyl (C=O) groups is 1. The summed E-state index contributed by atoms with van der Waals surface area (Å²) >= 11 is 1.45. The molecule has 1 heterocycles. The summed E-state index contributed by atoms with van der Waals surface area (Å²) in [6.45, 7) is 3.47. The number of fused-ring (bicyclic) bond motifs is 1. The molecule has 0 saturated heterocycles. The first-order valence-corrected chi connectivity index (χ1v) is 10.3. The molecule has 0 fully saturated rings. The summed E-state index contributed by atoms with van der Waals surface area (Å²) in [5.41, 5.74) is 2.48. The van der Waals surface area contributed by atoms with E-state index in [1.807, 2.05) is 57.4 Å². The van der Waals surface area contributed by atoms with Crippen molar-refractivity contribution in [2.24, 2.45) is 0 Å². The second kappa shape index (κ2) is 10.6. The highest BCUT2D eigenvalue weighted by Gasteiger charge is 2.23. The molecule has 0 bridgehead atoms. The van der Waals surface area contributed by atoms with Gasteiger partial charge in [-0.05, 0) is 58.3 Å². The zero-order valence-corrected chi connectivity index (χ0v) is 19.6. The Morgan fingerprint density at radius 2 is 1.63 bits per heavy atom. The number of halogens is 1. The van der Waals surface area contributed by atoms with E-state index in [1.54, 1.807) is 19.1 Å². The maximum Gasteiger partial charge on any atom is 0.260 e. The molecule has 0 aliphatic carbocycles. The van der Waals surface area contributed by atoms with Gasteiger partial charge in [-0.25, -0.2) is 4.98 Å². The van der Waals surface area contributed by atoms with Gasteiger partial charge in [-0.2, -0.15) is 0 Å². The van der Waals surface area contributed by atoms with E-state index < -0.39 is 0 Å². The topological polar surface area (TPSA) is 54.9 Å². The molecule has 0 unspecified atom stereocenters. The first-order chi connectivity index (χ1) is 13.9. The second-order valence-electron chi connectivity index (χ2n) is 7.12. The van der Waals surface area contributed by atoms with Gasteiger partial charge in [0, 0.05) is 12.1 Å². The molecule has 0 aliphatic rings. The van der Waals surface area contributed by atoms with Crippen LogP contribution in [0.25, 0.3) is 10.2 Å². The van der Waals surface area contributed by atoms with Gasteiger partial charge in [-0.15, -0.1) is 12.4 Å². The molecular weight excluding hydrogens is 422 g/mol. The molecule has 3 rings (SSSR count). The van der Waals surface area contributed by atoms with E-state index in [0.717, 1.165) is 29.0 Å². The lowest BCUT2D eigenvalue weighted by molar-refractivity contribution is 0.0986. The maximum atomic E-state index is 13.3. The van der Waals surface area contributed by atoms with Crippen molar-refractivity contribution < 1.29 is 14.3 Å². The Kier molecular flexibility index (Phi) is 8.46. The normalized spacial score (nSPS) is 10.7. The van der Waals surface area contributed by atoms with Crippen LogP contribution >= 0.6 is 23.7 Å². The van der Waals surface area contributed by atoms with Gasteiger partial charge in [0.15, 0.2) is 5.13 Å². The van der Waals surface area contributed by atoms with Gasteiger partial charge in [0.25, 0.3) is 5.91 Å². The number of hydrogen-bond donors (Lipinski definition) is 0. The van der Waals surface area contributed by atoms with E-state index in [9.17, 15) is 4.79 Å². The van der Waals surface area contributed by atoms with Gasteiger partial charge in [-0.3, -0.25) is 9.69 Å². The predicted octanol–water partition coefficient (Wildman–Crippen LogP) is 4.64. The Balaban J connectivity index is 0.00000320. The van der Waals surface area contributed by atoms with Gasteiger partial charge < -0.3 is 14.4 Å². The molecule has 162 valence electrons. The van der Waals surface area contributed by atoms with Crippen molar-refractivity contribution in [3.63, 3.8) is 0 Å². The van der Waals surface area contributed by atoms with Crippen molar-refractivity contribution in [2.75, 3.05) is 46.3 Å². The lowest BCUT2D eigenvalue weighted by Gasteiger charge is -2.21. The van der Waals surface area contributed by atoms with Crippen LogP contribution in [0.15, 0.2) is 36.4 Å². The van der Waals surface area contributed by atoms with Gasteiger partial charge in [0.05, 0.1) is 14.2 Å². The number of amides is 1. The number of ether oxygens (including phenoxy) is 2. The number of rotatable bonds is 8. The zero-order valence-electron chi connectivity index (χ0n) is 18.0. The van der Waals surface area contributed by atoms with Gasteiger partial charge >= 0.3 is 0 Å². The number of anilines is 1. The third kappa shape index (κ3) is 5.22. The molecule has 30 heavy (non-hydrogen) atoms. The minimum Gasteiger partial charge on any atom is -0.495 e. The number of benzene rings is 2. The van der Waals surface area contributed by atoms with E-state index in [-0.39, 0.29) is 18.3 Å². The summed E-state index contributed by atoms with van der Waals surface area (Å²) in [5.74, 6) is 1.33. The number of methoxy groups -OCH3 is 2. The van der Waals surface area contributed by atoms with Crippen LogP contribution in [0.5, 0.6) is 11.5 Å². The Morgan fingerprint density at radius 3 is 2.23 bits per heavy atom. The zero-order chi connectivity index (χ0) is 21.0. The Bertz CT molecular complexity index is 948. The number of carbonyl (C=O) groups excluding carboxylic acids is 1. The molecule has 0 aliphatic heterocycles. The minimum atomic E-state index is -0.0549. The molecule has 0 spiro atoms. The van der Waals surface area contributed by atoms with Crippen LogP contribution in [0.1, 0.15) is 22.3 Å². The number of thiazole rings is 1. The van der Waals surface area contributed by atoms with E-state index in [4.69, 9.17) is 14.5 Å². The maximum absolute atomic E-state index is 13.3. The summed E-state index contributed by atoms with van der Waals surface area (Å²) in [6, 6.07) is 11.3. The summed E-state index contributed by atoms with van der Waals surface area (Å²) < 4.78 is 11.8. The number of hydrogen-bond acceptors (Lipinski definition) is 6. The predicted molar refractivity (Wildman–Crippen MR) is 126 cm³/mol. The van der Waals surface area contributed by atoms with Crippen LogP contribution in [0.4, 0.5) is 5.13 Å². The first-order valence-electron chi connectivity index (χ1n) is 9.49. The standard InChI is InChI=1S/C22H27N3O3S.ClH/c1-15-7-9-16(10-8-15)21(26)25(14-6-13-24(2)3)22-23-19-17(27-4)11-12-18(28-5)20(19)29-22;/h7-12H,6,13-14H2,1-5H3;1H. The van der Waals surface area contributed by atoms with E-state index >= 15 is 0 Å². The van der Waals surface area contributed by atoms with Crippen molar-refractivity contribution in [2.45, 2.75) is 13.3 Å². The smallest absolute Gasteiger partial charge is 0.260 e. The Labute approximate surface area is 187 Å². The molecule has 6 nitrogen and oxygen atoms in total. The number of aryl methyl sites for hydroxylation is 1. The van der Waals surface area contributed by atoms with Gasteiger partial charge in [-0.1, -0.05) is 29.0 Å². The molecular formula is C22H28ClN3O3S. The summed E-state index contributed by atoms with van der Waals surface area (Å²) in [6.07, 6.45) is 0.842. The Hall–Kier alpha value is -2.35.